The number of benzene rings is 1. The van der Waals surface area contributed by atoms with E-state index in [0.29, 0.717) is 0 Å². The van der Waals surface area contributed by atoms with E-state index in [1.54, 1.807) is 0 Å². The zero-order valence-electron chi connectivity index (χ0n) is 12.4. The Morgan fingerprint density at radius 2 is 2.00 bits per heavy atom. The van der Waals surface area contributed by atoms with Gasteiger partial charge >= 0.3 is 0 Å². The largest absolute Gasteiger partial charge is 0.399 e. The number of thiocarbonyl (C=S) groups is 1. The molecule has 0 spiro atoms. The van der Waals surface area contributed by atoms with E-state index in [2.05, 4.69) is 28.2 Å². The van der Waals surface area contributed by atoms with E-state index in [1.165, 1.54) is 16.5 Å². The van der Waals surface area contributed by atoms with Crippen molar-refractivity contribution in [3.05, 3.63) is 59.9 Å². The first-order valence-electron chi connectivity index (χ1n) is 7.49. The number of anilines is 1. The van der Waals surface area contributed by atoms with Gasteiger partial charge in [-0.15, -0.1) is 0 Å². The lowest BCUT2D eigenvalue weighted by atomic mass is 10.0. The molecule has 0 radical (unpaired) electrons. The van der Waals surface area contributed by atoms with Crippen LogP contribution in [-0.4, -0.2) is 14.8 Å². The van der Waals surface area contributed by atoms with E-state index in [4.69, 9.17) is 18.0 Å². The average molecular weight is 309 g/mol. The number of nitrogens with two attached hydrogens (primary N) is 1. The monoisotopic (exact) mass is 309 g/mol. The summed E-state index contributed by atoms with van der Waals surface area (Å²) in [7, 11) is 0. The Morgan fingerprint density at radius 1 is 1.14 bits per heavy atom. The van der Waals surface area contributed by atoms with Gasteiger partial charge in [0.25, 0.3) is 0 Å². The Labute approximate surface area is 135 Å². The number of pyridine rings is 1. The number of aromatic amines is 1. The van der Waals surface area contributed by atoms with Gasteiger partial charge in [0.1, 0.15) is 5.65 Å². The number of hydrogen-bond donors (Lipinski definition) is 2. The van der Waals surface area contributed by atoms with Gasteiger partial charge in [-0.3, -0.25) is 0 Å². The quantitative estimate of drug-likeness (QED) is 0.533. The van der Waals surface area contributed by atoms with Gasteiger partial charge in [0.2, 0.25) is 0 Å². The van der Waals surface area contributed by atoms with E-state index < -0.39 is 0 Å². The van der Waals surface area contributed by atoms with Crippen molar-refractivity contribution in [1.29, 1.82) is 0 Å². The van der Waals surface area contributed by atoms with Crippen LogP contribution in [0.1, 0.15) is 24.0 Å². The van der Waals surface area contributed by atoms with Crippen LogP contribution in [0.5, 0.6) is 0 Å². The minimum absolute atomic E-state index is 0.815. The molecule has 2 aromatic heterocycles. The molecular formula is C18H19N3S. The van der Waals surface area contributed by atoms with Crippen molar-refractivity contribution in [2.45, 2.75) is 25.7 Å². The summed E-state index contributed by atoms with van der Waals surface area (Å²) < 4.78 is 0. The molecule has 2 heterocycles. The predicted molar refractivity (Wildman–Crippen MR) is 96.2 cm³/mol. The second kappa shape index (κ2) is 6.71. The number of nitrogens with zero attached hydrogens (tertiary/aromatic N) is 1. The highest BCUT2D eigenvalue weighted by molar-refractivity contribution is 7.80. The number of nitrogen functional groups attached to an aromatic ring is 1. The van der Waals surface area contributed by atoms with E-state index in [0.717, 1.165) is 41.9 Å². The predicted octanol–water partition coefficient (Wildman–Crippen LogP) is 4.08. The molecule has 0 atom stereocenters. The van der Waals surface area contributed by atoms with Gasteiger partial charge in [-0.25, -0.2) is 4.98 Å². The highest BCUT2D eigenvalue weighted by Crippen LogP contribution is 2.18. The Hall–Kier alpha value is -2.20. The fraction of sp³-hybridized carbons (Fsp3) is 0.222. The summed E-state index contributed by atoms with van der Waals surface area (Å²) in [5, 5.41) is 1.20. The van der Waals surface area contributed by atoms with Gasteiger partial charge in [0.05, 0.1) is 0 Å². The number of nitrogens with one attached hydrogen (secondary N) is 1. The molecule has 0 unspecified atom stereocenters. The average Bonchev–Trinajstić information content (AvgIpc) is 3.00. The number of hydrogen-bond acceptors (Lipinski definition) is 3. The molecule has 0 saturated heterocycles. The SMILES string of the molecule is Nc1cccc(CCC(=S)CCc2ccnc3[nH]ccc23)c1. The Bertz CT molecular complexity index is 792. The van der Waals surface area contributed by atoms with Crippen molar-refractivity contribution in [1.82, 2.24) is 9.97 Å². The van der Waals surface area contributed by atoms with Crippen molar-refractivity contribution in [2.24, 2.45) is 0 Å². The van der Waals surface area contributed by atoms with Crippen molar-refractivity contribution in [3.63, 3.8) is 0 Å². The molecule has 22 heavy (non-hydrogen) atoms. The molecule has 3 aromatic rings. The van der Waals surface area contributed by atoms with Crippen molar-refractivity contribution in [2.75, 3.05) is 5.73 Å². The zero-order valence-corrected chi connectivity index (χ0v) is 13.2. The summed E-state index contributed by atoms with van der Waals surface area (Å²) in [6, 6.07) is 12.2. The van der Waals surface area contributed by atoms with Gasteiger partial charge in [-0.05, 0) is 65.9 Å². The molecular weight excluding hydrogens is 290 g/mol. The number of aryl methyl sites for hydroxylation is 2. The molecule has 3 nitrogen and oxygen atoms in total. The topological polar surface area (TPSA) is 54.7 Å². The molecule has 0 aliphatic heterocycles. The summed E-state index contributed by atoms with van der Waals surface area (Å²) in [5.41, 5.74) is 10.1. The van der Waals surface area contributed by atoms with Crippen LogP contribution >= 0.6 is 12.2 Å². The van der Waals surface area contributed by atoms with Crippen LogP contribution in [0.2, 0.25) is 0 Å². The van der Waals surface area contributed by atoms with Crippen molar-refractivity contribution < 1.29 is 0 Å². The van der Waals surface area contributed by atoms with E-state index in [9.17, 15) is 0 Å². The summed E-state index contributed by atoms with van der Waals surface area (Å²) >= 11 is 5.53. The molecule has 0 saturated carbocycles. The summed E-state index contributed by atoms with van der Waals surface area (Å²) in [4.78, 5) is 8.57. The summed E-state index contributed by atoms with van der Waals surface area (Å²) in [6.45, 7) is 0. The molecule has 0 aliphatic carbocycles. The van der Waals surface area contributed by atoms with E-state index in [1.807, 2.05) is 30.6 Å². The normalized spacial score (nSPS) is 10.9. The molecule has 3 N–H and O–H groups in total. The highest BCUT2D eigenvalue weighted by Gasteiger charge is 2.05. The molecule has 1 aromatic carbocycles. The molecule has 0 bridgehead atoms. The third kappa shape index (κ3) is 3.52. The lowest BCUT2D eigenvalue weighted by molar-refractivity contribution is 0.980. The Balaban J connectivity index is 1.55. The van der Waals surface area contributed by atoms with Gasteiger partial charge in [-0.2, -0.15) is 0 Å². The highest BCUT2D eigenvalue weighted by atomic mass is 32.1. The number of fused-ring (bicyclic) bond motifs is 1. The fourth-order valence-electron chi connectivity index (χ4n) is 2.67. The van der Waals surface area contributed by atoms with Crippen LogP contribution < -0.4 is 5.73 Å². The first-order chi connectivity index (χ1) is 10.7. The molecule has 0 amide bonds. The maximum Gasteiger partial charge on any atom is 0.137 e. The van der Waals surface area contributed by atoms with Crippen LogP contribution in [0.15, 0.2) is 48.8 Å². The second-order valence-corrected chi connectivity index (χ2v) is 6.07. The molecule has 4 heteroatoms. The summed E-state index contributed by atoms with van der Waals surface area (Å²) in [6.07, 6.45) is 7.57. The van der Waals surface area contributed by atoms with E-state index >= 15 is 0 Å². The van der Waals surface area contributed by atoms with Gasteiger partial charge < -0.3 is 10.7 Å². The van der Waals surface area contributed by atoms with Crippen molar-refractivity contribution in [3.8, 4) is 0 Å². The van der Waals surface area contributed by atoms with Crippen molar-refractivity contribution >= 4 is 33.8 Å². The van der Waals surface area contributed by atoms with Gasteiger partial charge in [0.15, 0.2) is 0 Å². The molecule has 0 fully saturated rings. The molecule has 3 rings (SSSR count). The number of aromatic nitrogens is 2. The molecule has 112 valence electrons. The maximum atomic E-state index is 5.80. The minimum atomic E-state index is 0.815. The Kier molecular flexibility index (Phi) is 4.49. The lowest BCUT2D eigenvalue weighted by Gasteiger charge is -2.06. The van der Waals surface area contributed by atoms with Gasteiger partial charge in [0, 0.05) is 23.5 Å². The minimum Gasteiger partial charge on any atom is -0.399 e. The van der Waals surface area contributed by atoms with Crippen LogP contribution in [-0.2, 0) is 12.8 Å². The first kappa shape index (κ1) is 14.7. The maximum absolute atomic E-state index is 5.80. The third-order valence-corrected chi connectivity index (χ3v) is 4.28. The van der Waals surface area contributed by atoms with Gasteiger partial charge in [-0.1, -0.05) is 24.4 Å². The Morgan fingerprint density at radius 3 is 2.86 bits per heavy atom. The summed E-state index contributed by atoms with van der Waals surface area (Å²) in [5.74, 6) is 0. The third-order valence-electron chi connectivity index (χ3n) is 3.87. The van der Waals surface area contributed by atoms with E-state index in [-0.39, 0.29) is 0 Å². The smallest absolute Gasteiger partial charge is 0.137 e. The number of H-pyrrole nitrogens is 1. The fourth-order valence-corrected chi connectivity index (χ4v) is 2.87. The zero-order chi connectivity index (χ0) is 15.4. The van der Waals surface area contributed by atoms with Crippen LogP contribution in [0.4, 0.5) is 5.69 Å². The first-order valence-corrected chi connectivity index (χ1v) is 7.90. The van der Waals surface area contributed by atoms with Crippen LogP contribution in [0, 0.1) is 0 Å². The molecule has 0 aliphatic rings. The second-order valence-electron chi connectivity index (χ2n) is 5.49. The standard InChI is InChI=1S/C18H19N3S/c19-15-3-1-2-13(12-15)4-6-16(22)7-5-14-8-10-20-18-17(14)9-11-21-18/h1-3,8-12H,4-7,19H2,(H,20,21). The van der Waals surface area contributed by atoms with Crippen LogP contribution in [0.25, 0.3) is 11.0 Å². The van der Waals surface area contributed by atoms with Crippen LogP contribution in [0.3, 0.4) is 0 Å². The lowest BCUT2D eigenvalue weighted by Crippen LogP contribution is -2.01. The number of rotatable bonds is 6.